The Morgan fingerprint density at radius 3 is 0.785 bits per heavy atom. The average molecular weight is 1940 g/mol. The van der Waals surface area contributed by atoms with Gasteiger partial charge in [-0.05, 0) is 278 Å². The third-order valence-electron chi connectivity index (χ3n) is 26.7. The summed E-state index contributed by atoms with van der Waals surface area (Å²) in [4.78, 5) is 82.3. The largest absolute Gasteiger partial charge is 0.488 e. The van der Waals surface area contributed by atoms with E-state index in [1.165, 1.54) is 47.3 Å². The molecule has 6 atom stereocenters. The predicted molar refractivity (Wildman–Crippen MR) is 554 cm³/mol. The molecule has 38 nitrogen and oxygen atoms in total. The minimum Gasteiger partial charge on any atom is -0.488 e. The molecule has 144 heavy (non-hydrogen) atoms. The second-order valence-electron chi connectivity index (χ2n) is 39.2. The zero-order valence-corrected chi connectivity index (χ0v) is 85.6. The van der Waals surface area contributed by atoms with Crippen LogP contribution in [-0.4, -0.2) is 197 Å². The molecule has 0 amide bonds. The van der Waals surface area contributed by atoms with E-state index in [-0.39, 0.29) is 12.1 Å². The topological polar surface area (TPSA) is 426 Å². The van der Waals surface area contributed by atoms with Crippen molar-refractivity contribution in [2.24, 2.45) is 5.92 Å². The van der Waals surface area contributed by atoms with E-state index in [0.29, 0.717) is 37.3 Å². The van der Waals surface area contributed by atoms with Crippen LogP contribution in [0.25, 0.3) is 33.9 Å². The number of nitrogens with one attached hydrogen (secondary N) is 6. The second kappa shape index (κ2) is 42.8. The third-order valence-corrected chi connectivity index (χ3v) is 26.7. The van der Waals surface area contributed by atoms with Crippen molar-refractivity contribution in [2.75, 3.05) is 51.7 Å². The van der Waals surface area contributed by atoms with Gasteiger partial charge in [0.15, 0.2) is 92.0 Å². The van der Waals surface area contributed by atoms with Gasteiger partial charge in [0.2, 0.25) is 0 Å². The summed E-state index contributed by atoms with van der Waals surface area (Å²) in [6, 6.07) is 27.3. The second-order valence-corrected chi connectivity index (χ2v) is 39.2. The highest BCUT2D eigenvalue weighted by atomic mass is 16.5. The number of nitrogens with zero attached hydrogens (tertiary/aromatic N) is 30. The first-order valence-electron chi connectivity index (χ1n) is 50.4. The van der Waals surface area contributed by atoms with Gasteiger partial charge in [-0.1, -0.05) is 25.1 Å². The van der Waals surface area contributed by atoms with Crippen LogP contribution < -0.4 is 41.4 Å². The fourth-order valence-electron chi connectivity index (χ4n) is 18.3. The first-order valence-corrected chi connectivity index (χ1v) is 50.4. The molecule has 24 rings (SSSR count). The van der Waals surface area contributed by atoms with Crippen molar-refractivity contribution >= 4 is 68.7 Å². The highest BCUT2D eigenvalue weighted by Gasteiger charge is 2.26. The Hall–Kier alpha value is -15.4. The molecule has 0 bridgehead atoms. The number of pyridine rings is 6. The molecule has 3 unspecified atom stereocenters. The van der Waals surface area contributed by atoms with Gasteiger partial charge in [0, 0.05) is 135 Å². The normalized spacial score (nSPS) is 16.8. The van der Waals surface area contributed by atoms with Crippen LogP contribution in [0.15, 0.2) is 110 Å². The van der Waals surface area contributed by atoms with Crippen molar-refractivity contribution in [2.45, 2.75) is 277 Å². The maximum Gasteiger partial charge on any atom is 0.177 e. The molecule has 18 aromatic heterocycles. The van der Waals surface area contributed by atoms with Gasteiger partial charge in [-0.3, -0.25) is 34.9 Å². The molecule has 6 N–H and O–H groups in total. The maximum absolute atomic E-state index is 5.66. The molecule has 6 aliphatic rings. The van der Waals surface area contributed by atoms with Crippen molar-refractivity contribution in [3.8, 4) is 11.5 Å². The van der Waals surface area contributed by atoms with Gasteiger partial charge in [-0.15, -0.1) is 0 Å². The van der Waals surface area contributed by atoms with Crippen molar-refractivity contribution in [1.29, 1.82) is 0 Å². The van der Waals surface area contributed by atoms with Gasteiger partial charge in [0.25, 0.3) is 0 Å². The van der Waals surface area contributed by atoms with Crippen LogP contribution in [0.2, 0.25) is 0 Å². The summed E-state index contributed by atoms with van der Waals surface area (Å²) in [7, 11) is 0. The smallest absolute Gasteiger partial charge is 0.177 e. The maximum atomic E-state index is 5.66. The monoisotopic (exact) mass is 1940 g/mol. The standard InChI is InChI=1S/4C18H22N6.2C17H20N6O/c1-11-8-16-15(20-9-11)6-4-14(21-16)5-7-17-22-18-13(3)19-10-12(2)24(18)23-17;3*1-11-4-5-14-6-7-15(21-17(14)20-11)8-9-16-22-18-13(3)19-10-12(2)24(18)23-16;2*1-10-9-24-14-6-4-13(20-16(14)19-10)5-7-15-21-17-12(3)18-8-11(2)23(17)22-15/h4,6,10-11,20H,5,7-9H2,1-3H3;3*6-7,10-11H,4-5,8-9H2,1-3H3,(H,20,21);2*4,6,8,10H,5,7,9H2,1-3H3,(H,19,20)/t;2*11-;;10-;/m.10.0./s1. The van der Waals surface area contributed by atoms with Crippen molar-refractivity contribution in [1.82, 2.24) is 147 Å². The van der Waals surface area contributed by atoms with Gasteiger partial charge in [0.1, 0.15) is 30.7 Å². The van der Waals surface area contributed by atoms with Crippen molar-refractivity contribution in [3.05, 3.63) is 270 Å². The third kappa shape index (κ3) is 22.7. The van der Waals surface area contributed by atoms with Crippen LogP contribution in [0, 0.1) is 89.0 Å². The van der Waals surface area contributed by atoms with Crippen LogP contribution in [0.3, 0.4) is 0 Å². The van der Waals surface area contributed by atoms with Crippen molar-refractivity contribution in [3.63, 3.8) is 0 Å². The molecule has 0 radical (unpaired) electrons. The molecule has 0 aromatic carbocycles. The number of fused-ring (bicyclic) bond motifs is 12. The minimum absolute atomic E-state index is 0.277. The van der Waals surface area contributed by atoms with Gasteiger partial charge in [-0.2, -0.15) is 30.6 Å². The van der Waals surface area contributed by atoms with E-state index in [0.717, 1.165) is 321 Å². The summed E-state index contributed by atoms with van der Waals surface area (Å²) in [6.45, 7) is 39.1. The molecule has 6 aliphatic heterocycles. The number of rotatable bonds is 18. The Kier molecular flexibility index (Phi) is 29.0. The Balaban J connectivity index is 0.000000109. The highest BCUT2D eigenvalue weighted by Crippen LogP contribution is 2.33. The molecular formula is C106H128N36O2. The van der Waals surface area contributed by atoms with E-state index in [1.54, 1.807) is 0 Å². The molecule has 0 spiro atoms. The van der Waals surface area contributed by atoms with E-state index in [4.69, 9.17) is 29.4 Å². The van der Waals surface area contributed by atoms with E-state index in [9.17, 15) is 0 Å². The Labute approximate surface area is 836 Å². The van der Waals surface area contributed by atoms with Gasteiger partial charge in [0.05, 0.1) is 91.8 Å². The first kappa shape index (κ1) is 97.4. The summed E-state index contributed by atoms with van der Waals surface area (Å²) in [5.74, 6) is 12.1. The number of ether oxygens (including phenoxy) is 2. The molecule has 0 saturated heterocycles. The number of hydrogen-bond acceptors (Lipinski definition) is 32. The highest BCUT2D eigenvalue weighted by molar-refractivity contribution is 5.57. The fraction of sp³-hybridized carbons (Fsp3) is 0.434. The van der Waals surface area contributed by atoms with Crippen LogP contribution in [0.4, 0.5) is 34.8 Å². The predicted octanol–water partition coefficient (Wildman–Crippen LogP) is 14.8. The summed E-state index contributed by atoms with van der Waals surface area (Å²) in [6.07, 6.45) is 28.4. The van der Waals surface area contributed by atoms with Crippen LogP contribution >= 0.6 is 0 Å². The summed E-state index contributed by atoms with van der Waals surface area (Å²) < 4.78 is 22.5. The van der Waals surface area contributed by atoms with Crippen LogP contribution in [0.1, 0.15) is 221 Å². The minimum atomic E-state index is 0.277. The molecule has 744 valence electrons. The first-order chi connectivity index (χ1) is 69.6. The van der Waals surface area contributed by atoms with E-state index >= 15 is 0 Å². The van der Waals surface area contributed by atoms with Crippen molar-refractivity contribution < 1.29 is 9.47 Å². The number of anilines is 6. The number of aryl methyl sites for hydroxylation is 27. The lowest BCUT2D eigenvalue weighted by Gasteiger charge is -2.24. The lowest BCUT2D eigenvalue weighted by molar-refractivity contribution is 0.289. The molecule has 38 heteroatoms. The zero-order valence-electron chi connectivity index (χ0n) is 85.6. The number of aromatic nitrogens is 30. The molecule has 24 heterocycles. The van der Waals surface area contributed by atoms with Gasteiger partial charge in [-0.25, -0.2) is 81.9 Å². The lowest BCUT2D eigenvalue weighted by Crippen LogP contribution is -2.29. The molecule has 0 aliphatic carbocycles. The Morgan fingerprint density at radius 1 is 0.271 bits per heavy atom. The van der Waals surface area contributed by atoms with Crippen LogP contribution in [0.5, 0.6) is 11.5 Å². The zero-order chi connectivity index (χ0) is 100. The van der Waals surface area contributed by atoms with E-state index in [1.807, 2.05) is 172 Å². The average Bonchev–Trinajstić information content (AvgIpc) is 1.69. The molecule has 0 fully saturated rings. The molecule has 18 aromatic rings. The summed E-state index contributed by atoms with van der Waals surface area (Å²) in [5, 5.41) is 48.2. The van der Waals surface area contributed by atoms with Gasteiger partial charge < -0.3 is 41.4 Å². The van der Waals surface area contributed by atoms with E-state index in [2.05, 4.69) is 222 Å². The number of hydrogen-bond donors (Lipinski definition) is 6. The molecule has 0 saturated carbocycles. The van der Waals surface area contributed by atoms with Gasteiger partial charge >= 0.3 is 0 Å². The quantitative estimate of drug-likeness (QED) is 0.0464. The SMILES string of the molecule is Cc1ncc(C)n2nc(CCc3ccc4c(n3)CC(C)CN4)nc12.Cc1ncc(C)n2nc(CCc3ccc4c(n3)NC(C)CC4)nc12.Cc1ncc(C)n2nc(CCc3ccc4c(n3)NC(C)CO4)nc12.Cc1ncc(C)n2nc(CCc3ccc4c(n3)N[C@@H](C)CC4)nc12.Cc1ncc(C)n2nc(CCc3ccc4c(n3)N[C@@H](C)CO4)nc12.Cc1ncc(C)n2nc(CCc3ccc4c(n3)N[C@H](C)CC4)nc12. The van der Waals surface area contributed by atoms with E-state index < -0.39 is 0 Å². The Morgan fingerprint density at radius 2 is 0.514 bits per heavy atom. The van der Waals surface area contributed by atoms with Crippen LogP contribution in [-0.2, 0) is 103 Å². The Bertz CT molecular complexity index is 6330. The summed E-state index contributed by atoms with van der Waals surface area (Å²) >= 11 is 0. The fourth-order valence-corrected chi connectivity index (χ4v) is 18.3. The molecular weight excluding hydrogens is 1810 g/mol. The lowest BCUT2D eigenvalue weighted by atomic mass is 9.99. The summed E-state index contributed by atoms with van der Waals surface area (Å²) in [5.41, 5.74) is 29.1.